The molecule has 0 spiro atoms. The van der Waals surface area contributed by atoms with Crippen molar-refractivity contribution in [3.8, 4) is 11.3 Å². The van der Waals surface area contributed by atoms with Gasteiger partial charge in [-0.25, -0.2) is 9.97 Å². The van der Waals surface area contributed by atoms with Gasteiger partial charge in [0.05, 0.1) is 5.69 Å². The highest BCUT2D eigenvalue weighted by Crippen LogP contribution is 2.41. The molecule has 1 fully saturated rings. The number of rotatable bonds is 3. The summed E-state index contributed by atoms with van der Waals surface area (Å²) in [4.78, 5) is 9.08. The van der Waals surface area contributed by atoms with Gasteiger partial charge in [-0.3, -0.25) is 0 Å². The number of nitrogens with two attached hydrogens (primary N) is 1. The van der Waals surface area contributed by atoms with E-state index in [1.165, 1.54) is 30.4 Å². The van der Waals surface area contributed by atoms with Gasteiger partial charge >= 0.3 is 0 Å². The van der Waals surface area contributed by atoms with Gasteiger partial charge in [-0.15, -0.1) is 0 Å². The Labute approximate surface area is 120 Å². The Morgan fingerprint density at radius 2 is 1.95 bits per heavy atom. The Kier molecular flexibility index (Phi) is 3.43. The highest BCUT2D eigenvalue weighted by molar-refractivity contribution is 5.71. The molecule has 1 aromatic carbocycles. The number of nitrogens with zero attached hydrogens (tertiary/aromatic N) is 2. The first-order valence-corrected chi connectivity index (χ1v) is 7.43. The second-order valence-corrected chi connectivity index (χ2v) is 5.57. The molecule has 104 valence electrons. The number of nitrogen functional groups attached to an aromatic ring is 1. The molecule has 3 heteroatoms. The first kappa shape index (κ1) is 13.1. The van der Waals surface area contributed by atoms with Gasteiger partial charge in [-0.1, -0.05) is 37.6 Å². The molecule has 1 saturated carbocycles. The number of aromatic nitrogens is 2. The van der Waals surface area contributed by atoms with Crippen LogP contribution in [0.3, 0.4) is 0 Å². The van der Waals surface area contributed by atoms with Crippen molar-refractivity contribution in [2.45, 2.75) is 45.4 Å². The minimum Gasteiger partial charge on any atom is -0.383 e. The SMILES string of the molecule is CCc1nc(N)c(C)c(-c2ccccc2C2CCC2)n1. The van der Waals surface area contributed by atoms with Gasteiger partial charge in [0.15, 0.2) is 0 Å². The first-order valence-electron chi connectivity index (χ1n) is 7.43. The summed E-state index contributed by atoms with van der Waals surface area (Å²) in [6.07, 6.45) is 4.72. The van der Waals surface area contributed by atoms with Crippen LogP contribution in [0, 0.1) is 6.92 Å². The molecular weight excluding hydrogens is 246 g/mol. The molecule has 3 nitrogen and oxygen atoms in total. The molecule has 1 heterocycles. The fraction of sp³-hybridized carbons (Fsp3) is 0.412. The minimum atomic E-state index is 0.607. The number of hydrogen-bond donors (Lipinski definition) is 1. The molecule has 0 atom stereocenters. The third-order valence-corrected chi connectivity index (χ3v) is 4.31. The second kappa shape index (κ2) is 5.23. The average molecular weight is 267 g/mol. The zero-order chi connectivity index (χ0) is 14.1. The van der Waals surface area contributed by atoms with Crippen LogP contribution in [0.15, 0.2) is 24.3 Å². The molecule has 0 amide bonds. The van der Waals surface area contributed by atoms with Gasteiger partial charge < -0.3 is 5.73 Å². The molecule has 20 heavy (non-hydrogen) atoms. The normalized spacial score (nSPS) is 15.1. The van der Waals surface area contributed by atoms with Gasteiger partial charge in [0.1, 0.15) is 11.6 Å². The van der Waals surface area contributed by atoms with Crippen LogP contribution in [0.1, 0.15) is 49.1 Å². The van der Waals surface area contributed by atoms with Crippen molar-refractivity contribution in [1.82, 2.24) is 9.97 Å². The predicted molar refractivity (Wildman–Crippen MR) is 82.6 cm³/mol. The van der Waals surface area contributed by atoms with Gasteiger partial charge in [-0.2, -0.15) is 0 Å². The summed E-state index contributed by atoms with van der Waals surface area (Å²) in [6.45, 7) is 4.08. The van der Waals surface area contributed by atoms with E-state index in [0.717, 1.165) is 23.5 Å². The summed E-state index contributed by atoms with van der Waals surface area (Å²) >= 11 is 0. The van der Waals surface area contributed by atoms with E-state index in [9.17, 15) is 0 Å². The summed E-state index contributed by atoms with van der Waals surface area (Å²) in [7, 11) is 0. The van der Waals surface area contributed by atoms with Crippen molar-refractivity contribution in [2.24, 2.45) is 0 Å². The number of anilines is 1. The van der Waals surface area contributed by atoms with Crippen LogP contribution in [0.5, 0.6) is 0 Å². The molecule has 0 bridgehead atoms. The fourth-order valence-electron chi connectivity index (χ4n) is 2.79. The van der Waals surface area contributed by atoms with Crippen molar-refractivity contribution >= 4 is 5.82 Å². The minimum absolute atomic E-state index is 0.607. The predicted octanol–water partition coefficient (Wildman–Crippen LogP) is 3.86. The van der Waals surface area contributed by atoms with E-state index in [1.54, 1.807) is 0 Å². The maximum absolute atomic E-state index is 6.06. The molecule has 0 aliphatic heterocycles. The Morgan fingerprint density at radius 3 is 2.60 bits per heavy atom. The van der Waals surface area contributed by atoms with Crippen molar-refractivity contribution in [2.75, 3.05) is 5.73 Å². The van der Waals surface area contributed by atoms with Crippen LogP contribution >= 0.6 is 0 Å². The molecule has 1 aliphatic carbocycles. The Bertz CT molecular complexity index is 630. The molecule has 0 radical (unpaired) electrons. The lowest BCUT2D eigenvalue weighted by atomic mass is 9.77. The third kappa shape index (κ3) is 2.17. The molecule has 0 saturated heterocycles. The summed E-state index contributed by atoms with van der Waals surface area (Å²) < 4.78 is 0. The summed E-state index contributed by atoms with van der Waals surface area (Å²) in [5.74, 6) is 2.12. The Morgan fingerprint density at radius 1 is 1.20 bits per heavy atom. The largest absolute Gasteiger partial charge is 0.383 e. The quantitative estimate of drug-likeness (QED) is 0.918. The Balaban J connectivity index is 2.15. The monoisotopic (exact) mass is 267 g/mol. The lowest BCUT2D eigenvalue weighted by molar-refractivity contribution is 0.420. The van der Waals surface area contributed by atoms with E-state index in [0.29, 0.717) is 11.7 Å². The van der Waals surface area contributed by atoms with E-state index in [4.69, 9.17) is 10.7 Å². The average Bonchev–Trinajstić information content (AvgIpc) is 2.41. The topological polar surface area (TPSA) is 51.8 Å². The molecular formula is C17H21N3. The summed E-state index contributed by atoms with van der Waals surface area (Å²) in [5, 5.41) is 0. The van der Waals surface area contributed by atoms with Crippen LogP contribution in [-0.2, 0) is 6.42 Å². The number of benzene rings is 1. The molecule has 3 rings (SSSR count). The van der Waals surface area contributed by atoms with E-state index in [1.807, 2.05) is 6.92 Å². The maximum Gasteiger partial charge on any atom is 0.131 e. The molecule has 0 unspecified atom stereocenters. The van der Waals surface area contributed by atoms with E-state index >= 15 is 0 Å². The lowest BCUT2D eigenvalue weighted by Crippen LogP contribution is -2.11. The third-order valence-electron chi connectivity index (χ3n) is 4.31. The first-order chi connectivity index (χ1) is 9.70. The highest BCUT2D eigenvalue weighted by Gasteiger charge is 2.23. The molecule has 1 aromatic heterocycles. The fourth-order valence-corrected chi connectivity index (χ4v) is 2.79. The second-order valence-electron chi connectivity index (χ2n) is 5.57. The van der Waals surface area contributed by atoms with Crippen LogP contribution < -0.4 is 5.73 Å². The summed E-state index contributed by atoms with van der Waals surface area (Å²) in [5.41, 5.74) is 10.7. The zero-order valence-corrected chi connectivity index (χ0v) is 12.2. The molecule has 2 aromatic rings. The summed E-state index contributed by atoms with van der Waals surface area (Å²) in [6, 6.07) is 8.61. The van der Waals surface area contributed by atoms with Crippen molar-refractivity contribution < 1.29 is 0 Å². The smallest absolute Gasteiger partial charge is 0.131 e. The standard InChI is InChI=1S/C17H21N3/c1-3-15-19-16(11(2)17(18)20-15)14-10-5-4-9-13(14)12-7-6-8-12/h4-5,9-10,12H,3,6-8H2,1-2H3,(H2,18,19,20). The highest BCUT2D eigenvalue weighted by atomic mass is 15.0. The molecule has 2 N–H and O–H groups in total. The van der Waals surface area contributed by atoms with Gasteiger partial charge in [0.2, 0.25) is 0 Å². The van der Waals surface area contributed by atoms with Crippen molar-refractivity contribution in [1.29, 1.82) is 0 Å². The van der Waals surface area contributed by atoms with Crippen molar-refractivity contribution in [3.05, 3.63) is 41.2 Å². The zero-order valence-electron chi connectivity index (χ0n) is 12.2. The van der Waals surface area contributed by atoms with E-state index in [-0.39, 0.29) is 0 Å². The van der Waals surface area contributed by atoms with E-state index < -0.39 is 0 Å². The van der Waals surface area contributed by atoms with Gasteiger partial charge in [-0.05, 0) is 31.2 Å². The van der Waals surface area contributed by atoms with E-state index in [2.05, 4.69) is 36.2 Å². The van der Waals surface area contributed by atoms with Crippen LogP contribution in [-0.4, -0.2) is 9.97 Å². The Hall–Kier alpha value is -1.90. The number of hydrogen-bond acceptors (Lipinski definition) is 3. The lowest BCUT2D eigenvalue weighted by Gasteiger charge is -2.28. The number of aryl methyl sites for hydroxylation is 1. The molecule has 1 aliphatic rings. The van der Waals surface area contributed by atoms with Gasteiger partial charge in [0.25, 0.3) is 0 Å². The van der Waals surface area contributed by atoms with Crippen LogP contribution in [0.4, 0.5) is 5.82 Å². The van der Waals surface area contributed by atoms with Gasteiger partial charge in [0, 0.05) is 17.5 Å². The van der Waals surface area contributed by atoms with Crippen LogP contribution in [0.2, 0.25) is 0 Å². The van der Waals surface area contributed by atoms with Crippen LogP contribution in [0.25, 0.3) is 11.3 Å². The van der Waals surface area contributed by atoms with Crippen molar-refractivity contribution in [3.63, 3.8) is 0 Å². The maximum atomic E-state index is 6.06.